The lowest BCUT2D eigenvalue weighted by Crippen LogP contribution is -2.27. The van der Waals surface area contributed by atoms with Crippen molar-refractivity contribution in [2.75, 3.05) is 0 Å². The van der Waals surface area contributed by atoms with Crippen molar-refractivity contribution in [3.8, 4) is 0 Å². The summed E-state index contributed by atoms with van der Waals surface area (Å²) in [5, 5.41) is -0.412. The minimum Gasteiger partial charge on any atom is -0.374 e. The molecule has 0 aromatic heterocycles. The maximum absolute atomic E-state index is 12.3. The molecule has 0 bridgehead atoms. The van der Waals surface area contributed by atoms with Gasteiger partial charge < -0.3 is 4.74 Å². The molecule has 2 rings (SSSR count). The van der Waals surface area contributed by atoms with Gasteiger partial charge in [-0.2, -0.15) is 0 Å². The summed E-state index contributed by atoms with van der Waals surface area (Å²) in [5.41, 5.74) is 0. The highest BCUT2D eigenvalue weighted by Crippen LogP contribution is 2.30. The molecule has 3 nitrogen and oxygen atoms in total. The van der Waals surface area contributed by atoms with Crippen LogP contribution in [0.3, 0.4) is 0 Å². The third-order valence-electron chi connectivity index (χ3n) is 3.01. The van der Waals surface area contributed by atoms with Crippen LogP contribution in [-0.2, 0) is 14.6 Å². The molecule has 1 aromatic rings. The minimum absolute atomic E-state index is 0.0264. The third kappa shape index (κ3) is 1.99. The SMILES string of the molecule is C[C@@H]1C[C@H](S(=O)(=O)c2ccccc2)[C@@H](C)O1. The summed E-state index contributed by atoms with van der Waals surface area (Å²) in [4.78, 5) is 0.393. The van der Waals surface area contributed by atoms with Gasteiger partial charge in [-0.05, 0) is 32.4 Å². The Morgan fingerprint density at radius 3 is 2.31 bits per heavy atom. The zero-order chi connectivity index (χ0) is 11.8. The summed E-state index contributed by atoms with van der Waals surface area (Å²) < 4.78 is 30.1. The van der Waals surface area contributed by atoms with Gasteiger partial charge in [0.1, 0.15) is 0 Å². The number of benzene rings is 1. The smallest absolute Gasteiger partial charge is 0.183 e. The Kier molecular flexibility index (Phi) is 3.04. The third-order valence-corrected chi connectivity index (χ3v) is 5.31. The normalized spacial score (nSPS) is 30.5. The molecule has 1 aromatic carbocycles. The van der Waals surface area contributed by atoms with Gasteiger partial charge in [-0.25, -0.2) is 8.42 Å². The van der Waals surface area contributed by atoms with Gasteiger partial charge in [0, 0.05) is 0 Å². The Labute approximate surface area is 96.4 Å². The summed E-state index contributed by atoms with van der Waals surface area (Å²) in [7, 11) is -3.25. The summed E-state index contributed by atoms with van der Waals surface area (Å²) in [6.45, 7) is 3.74. The number of ether oxygens (including phenoxy) is 1. The highest BCUT2D eigenvalue weighted by molar-refractivity contribution is 7.92. The molecule has 0 radical (unpaired) electrons. The molecule has 1 aliphatic rings. The molecule has 0 amide bonds. The molecule has 0 saturated carbocycles. The van der Waals surface area contributed by atoms with Crippen LogP contribution in [0.15, 0.2) is 35.2 Å². The van der Waals surface area contributed by atoms with Gasteiger partial charge in [-0.15, -0.1) is 0 Å². The molecule has 1 aliphatic heterocycles. The monoisotopic (exact) mass is 240 g/mol. The van der Waals surface area contributed by atoms with Gasteiger partial charge in [0.15, 0.2) is 9.84 Å². The lowest BCUT2D eigenvalue weighted by molar-refractivity contribution is 0.0679. The highest BCUT2D eigenvalue weighted by atomic mass is 32.2. The van der Waals surface area contributed by atoms with E-state index in [1.165, 1.54) is 0 Å². The number of hydrogen-bond acceptors (Lipinski definition) is 3. The first-order valence-electron chi connectivity index (χ1n) is 5.46. The van der Waals surface area contributed by atoms with Crippen molar-refractivity contribution in [2.24, 2.45) is 0 Å². The molecule has 3 atom stereocenters. The molecule has 0 spiro atoms. The largest absolute Gasteiger partial charge is 0.374 e. The average molecular weight is 240 g/mol. The van der Waals surface area contributed by atoms with E-state index in [4.69, 9.17) is 4.74 Å². The maximum atomic E-state index is 12.3. The van der Waals surface area contributed by atoms with Gasteiger partial charge in [-0.1, -0.05) is 18.2 Å². The molecule has 0 unspecified atom stereocenters. The van der Waals surface area contributed by atoms with E-state index in [0.717, 1.165) is 0 Å². The molecule has 1 heterocycles. The Morgan fingerprint density at radius 1 is 1.19 bits per heavy atom. The van der Waals surface area contributed by atoms with E-state index >= 15 is 0 Å². The van der Waals surface area contributed by atoms with E-state index in [0.29, 0.717) is 11.3 Å². The molecule has 0 aliphatic carbocycles. The molecular formula is C12H16O3S. The van der Waals surface area contributed by atoms with Crippen LogP contribution in [0.4, 0.5) is 0 Å². The van der Waals surface area contributed by atoms with Crippen LogP contribution in [0.1, 0.15) is 20.3 Å². The van der Waals surface area contributed by atoms with Gasteiger partial charge >= 0.3 is 0 Å². The Morgan fingerprint density at radius 2 is 1.81 bits per heavy atom. The topological polar surface area (TPSA) is 43.4 Å². The second kappa shape index (κ2) is 4.18. The van der Waals surface area contributed by atoms with Crippen LogP contribution in [0.25, 0.3) is 0 Å². The van der Waals surface area contributed by atoms with E-state index in [9.17, 15) is 8.42 Å². The quantitative estimate of drug-likeness (QED) is 0.794. The summed E-state index contributed by atoms with van der Waals surface area (Å²) in [6, 6.07) is 8.60. The fourth-order valence-corrected chi connectivity index (χ4v) is 4.17. The van der Waals surface area contributed by atoms with Gasteiger partial charge in [0.25, 0.3) is 0 Å². The van der Waals surface area contributed by atoms with Crippen molar-refractivity contribution < 1.29 is 13.2 Å². The molecule has 1 fully saturated rings. The van der Waals surface area contributed by atoms with Crippen molar-refractivity contribution in [1.29, 1.82) is 0 Å². The summed E-state index contributed by atoms with van der Waals surface area (Å²) in [5.74, 6) is 0. The first kappa shape index (κ1) is 11.6. The fourth-order valence-electron chi connectivity index (χ4n) is 2.19. The van der Waals surface area contributed by atoms with Crippen LogP contribution in [0.5, 0.6) is 0 Å². The Balaban J connectivity index is 2.34. The lowest BCUT2D eigenvalue weighted by Gasteiger charge is -2.14. The second-order valence-electron chi connectivity index (χ2n) is 4.28. The van der Waals surface area contributed by atoms with Crippen LogP contribution in [0.2, 0.25) is 0 Å². The van der Waals surface area contributed by atoms with E-state index < -0.39 is 15.1 Å². The van der Waals surface area contributed by atoms with E-state index in [2.05, 4.69) is 0 Å². The predicted molar refractivity (Wildman–Crippen MR) is 62.0 cm³/mol. The second-order valence-corrected chi connectivity index (χ2v) is 6.45. The van der Waals surface area contributed by atoms with Crippen LogP contribution in [-0.4, -0.2) is 25.9 Å². The number of rotatable bonds is 2. The van der Waals surface area contributed by atoms with Crippen LogP contribution < -0.4 is 0 Å². The van der Waals surface area contributed by atoms with E-state index in [-0.39, 0.29) is 12.2 Å². The fraction of sp³-hybridized carbons (Fsp3) is 0.500. The minimum atomic E-state index is -3.25. The Bertz CT molecular complexity index is 452. The maximum Gasteiger partial charge on any atom is 0.183 e. The molecule has 0 N–H and O–H groups in total. The molecule has 4 heteroatoms. The first-order valence-corrected chi connectivity index (χ1v) is 7.01. The van der Waals surface area contributed by atoms with Crippen molar-refractivity contribution in [1.82, 2.24) is 0 Å². The number of sulfone groups is 1. The first-order chi connectivity index (χ1) is 7.51. The molecule has 16 heavy (non-hydrogen) atoms. The zero-order valence-electron chi connectivity index (χ0n) is 9.46. The molecule has 88 valence electrons. The lowest BCUT2D eigenvalue weighted by atomic mass is 10.2. The standard InChI is InChI=1S/C12H16O3S/c1-9-8-12(10(2)15-9)16(13,14)11-6-4-3-5-7-11/h3-7,9-10,12H,8H2,1-2H3/t9-,10-,12+/m1/s1. The molecule has 1 saturated heterocycles. The number of hydrogen-bond donors (Lipinski definition) is 0. The van der Waals surface area contributed by atoms with E-state index in [1.54, 1.807) is 24.3 Å². The van der Waals surface area contributed by atoms with Gasteiger partial charge in [0.05, 0.1) is 22.4 Å². The van der Waals surface area contributed by atoms with Gasteiger partial charge in [0.2, 0.25) is 0 Å². The van der Waals surface area contributed by atoms with Crippen LogP contribution in [0, 0.1) is 0 Å². The summed E-state index contributed by atoms with van der Waals surface area (Å²) >= 11 is 0. The highest BCUT2D eigenvalue weighted by Gasteiger charge is 2.39. The van der Waals surface area contributed by atoms with Crippen molar-refractivity contribution in [3.63, 3.8) is 0 Å². The predicted octanol–water partition coefficient (Wildman–Crippen LogP) is 2.03. The van der Waals surface area contributed by atoms with E-state index in [1.807, 2.05) is 19.9 Å². The molecular weight excluding hydrogens is 224 g/mol. The van der Waals surface area contributed by atoms with Crippen molar-refractivity contribution in [2.45, 2.75) is 42.6 Å². The van der Waals surface area contributed by atoms with Gasteiger partial charge in [-0.3, -0.25) is 0 Å². The average Bonchev–Trinajstić information content (AvgIpc) is 2.60. The van der Waals surface area contributed by atoms with Crippen LogP contribution >= 0.6 is 0 Å². The van der Waals surface area contributed by atoms with Crippen molar-refractivity contribution in [3.05, 3.63) is 30.3 Å². The summed E-state index contributed by atoms with van der Waals surface area (Å²) in [6.07, 6.45) is 0.386. The zero-order valence-corrected chi connectivity index (χ0v) is 10.3. The Hall–Kier alpha value is -0.870. The van der Waals surface area contributed by atoms with Crippen molar-refractivity contribution >= 4 is 9.84 Å².